The first-order valence-electron chi connectivity index (χ1n) is 4.99. The van der Waals surface area contributed by atoms with Crippen molar-refractivity contribution in [1.29, 1.82) is 0 Å². The molecule has 2 aromatic rings. The highest BCUT2D eigenvalue weighted by Gasteiger charge is 2.19. The van der Waals surface area contributed by atoms with Crippen LogP contribution in [-0.4, -0.2) is 12.2 Å². The number of aliphatic hydroxyl groups excluding tert-OH is 1. The van der Waals surface area contributed by atoms with E-state index in [4.69, 9.17) is 4.74 Å². The standard InChI is InChI=1S/C12H9Br3O2S/c1-17-9-3-2-6(13)4-7(9)11(16)10-5-8(14)12(15)18-10/h2-5,11,16H,1H3. The zero-order valence-electron chi connectivity index (χ0n) is 9.28. The second kappa shape index (κ2) is 6.05. The molecule has 2 rings (SSSR count). The Morgan fingerprint density at radius 3 is 2.50 bits per heavy atom. The molecule has 1 heterocycles. The molecule has 18 heavy (non-hydrogen) atoms. The van der Waals surface area contributed by atoms with Gasteiger partial charge in [-0.05, 0) is 56.1 Å². The van der Waals surface area contributed by atoms with Crippen molar-refractivity contribution < 1.29 is 9.84 Å². The number of aliphatic hydroxyl groups is 1. The van der Waals surface area contributed by atoms with Crippen LogP contribution in [0.25, 0.3) is 0 Å². The Bertz CT molecular complexity index is 549. The maximum Gasteiger partial charge on any atom is 0.125 e. The third-order valence-corrected chi connectivity index (χ3v) is 6.22. The summed E-state index contributed by atoms with van der Waals surface area (Å²) in [5.74, 6) is 0.673. The fourth-order valence-corrected chi connectivity index (χ4v) is 4.04. The van der Waals surface area contributed by atoms with Gasteiger partial charge in [-0.15, -0.1) is 11.3 Å². The molecule has 0 saturated heterocycles. The highest BCUT2D eigenvalue weighted by molar-refractivity contribution is 9.13. The SMILES string of the molecule is COc1ccc(Br)cc1C(O)c1cc(Br)c(Br)s1. The molecule has 0 saturated carbocycles. The van der Waals surface area contributed by atoms with Crippen molar-refractivity contribution in [3.8, 4) is 5.75 Å². The van der Waals surface area contributed by atoms with Gasteiger partial charge in [0.15, 0.2) is 0 Å². The van der Waals surface area contributed by atoms with E-state index in [1.165, 1.54) is 11.3 Å². The van der Waals surface area contributed by atoms with Crippen molar-refractivity contribution in [1.82, 2.24) is 0 Å². The smallest absolute Gasteiger partial charge is 0.125 e. The van der Waals surface area contributed by atoms with Gasteiger partial charge in [-0.2, -0.15) is 0 Å². The molecule has 1 aromatic carbocycles. The van der Waals surface area contributed by atoms with Crippen molar-refractivity contribution >= 4 is 59.1 Å². The topological polar surface area (TPSA) is 29.5 Å². The number of ether oxygens (including phenoxy) is 1. The number of hydrogen-bond acceptors (Lipinski definition) is 3. The minimum absolute atomic E-state index is 0.673. The van der Waals surface area contributed by atoms with E-state index in [1.807, 2.05) is 24.3 Å². The Morgan fingerprint density at radius 2 is 1.94 bits per heavy atom. The van der Waals surface area contributed by atoms with Crippen LogP contribution in [0.3, 0.4) is 0 Å². The van der Waals surface area contributed by atoms with E-state index < -0.39 is 6.10 Å². The summed E-state index contributed by atoms with van der Waals surface area (Å²) < 4.78 is 8.09. The minimum atomic E-state index is -0.704. The van der Waals surface area contributed by atoms with Crippen LogP contribution in [0.5, 0.6) is 5.75 Å². The van der Waals surface area contributed by atoms with E-state index in [0.717, 1.165) is 23.2 Å². The summed E-state index contributed by atoms with van der Waals surface area (Å²) >= 11 is 11.7. The molecule has 1 N–H and O–H groups in total. The van der Waals surface area contributed by atoms with Crippen LogP contribution in [-0.2, 0) is 0 Å². The number of halogens is 3. The molecule has 0 bridgehead atoms. The molecular weight excluding hydrogens is 448 g/mol. The molecule has 6 heteroatoms. The van der Waals surface area contributed by atoms with E-state index >= 15 is 0 Å². The van der Waals surface area contributed by atoms with Gasteiger partial charge in [-0.1, -0.05) is 15.9 Å². The molecular formula is C12H9Br3O2S. The Morgan fingerprint density at radius 1 is 1.22 bits per heavy atom. The Balaban J connectivity index is 2.44. The number of benzene rings is 1. The predicted molar refractivity (Wildman–Crippen MR) is 84.5 cm³/mol. The summed E-state index contributed by atoms with van der Waals surface area (Å²) in [4.78, 5) is 0.852. The summed E-state index contributed by atoms with van der Waals surface area (Å²) in [7, 11) is 1.60. The lowest BCUT2D eigenvalue weighted by atomic mass is 10.1. The van der Waals surface area contributed by atoms with Crippen molar-refractivity contribution in [2.45, 2.75) is 6.10 Å². The fraction of sp³-hybridized carbons (Fsp3) is 0.167. The lowest BCUT2D eigenvalue weighted by Gasteiger charge is -2.13. The molecule has 1 unspecified atom stereocenters. The van der Waals surface area contributed by atoms with Crippen LogP contribution in [0.15, 0.2) is 37.0 Å². The van der Waals surface area contributed by atoms with Crippen LogP contribution >= 0.6 is 59.1 Å². The number of hydrogen-bond donors (Lipinski definition) is 1. The molecule has 0 aliphatic heterocycles. The first kappa shape index (κ1) is 14.5. The summed E-state index contributed by atoms with van der Waals surface area (Å²) in [5.41, 5.74) is 0.744. The molecule has 0 aliphatic carbocycles. The molecule has 0 radical (unpaired) electrons. The molecule has 96 valence electrons. The van der Waals surface area contributed by atoms with Gasteiger partial charge in [0.2, 0.25) is 0 Å². The van der Waals surface area contributed by atoms with E-state index in [-0.39, 0.29) is 0 Å². The molecule has 0 aliphatic rings. The van der Waals surface area contributed by atoms with E-state index in [2.05, 4.69) is 47.8 Å². The zero-order valence-corrected chi connectivity index (χ0v) is 14.9. The van der Waals surface area contributed by atoms with Crippen LogP contribution in [0.1, 0.15) is 16.5 Å². The average Bonchev–Trinajstić information content (AvgIpc) is 2.68. The predicted octanol–water partition coefficient (Wildman–Crippen LogP) is 5.13. The lowest BCUT2D eigenvalue weighted by molar-refractivity contribution is 0.218. The van der Waals surface area contributed by atoms with Crippen molar-refractivity contribution in [2.75, 3.05) is 7.11 Å². The van der Waals surface area contributed by atoms with Gasteiger partial charge in [0.1, 0.15) is 11.9 Å². The van der Waals surface area contributed by atoms with Crippen molar-refractivity contribution in [3.05, 3.63) is 47.4 Å². The van der Waals surface area contributed by atoms with Gasteiger partial charge in [0.25, 0.3) is 0 Å². The molecule has 0 fully saturated rings. The first-order valence-corrected chi connectivity index (χ1v) is 8.18. The maximum atomic E-state index is 10.4. The Hall–Kier alpha value is 0.120. The summed E-state index contributed by atoms with van der Waals surface area (Å²) in [6.45, 7) is 0. The number of methoxy groups -OCH3 is 1. The third kappa shape index (κ3) is 2.99. The van der Waals surface area contributed by atoms with Crippen molar-refractivity contribution in [2.24, 2.45) is 0 Å². The quantitative estimate of drug-likeness (QED) is 0.694. The average molecular weight is 457 g/mol. The largest absolute Gasteiger partial charge is 0.496 e. The Labute approximate surface area is 134 Å². The minimum Gasteiger partial charge on any atom is -0.496 e. The van der Waals surface area contributed by atoms with Gasteiger partial charge >= 0.3 is 0 Å². The number of thiophene rings is 1. The molecule has 1 aromatic heterocycles. The highest BCUT2D eigenvalue weighted by Crippen LogP contribution is 2.40. The summed E-state index contributed by atoms with van der Waals surface area (Å²) in [5, 5.41) is 10.4. The zero-order chi connectivity index (χ0) is 13.3. The van der Waals surface area contributed by atoms with E-state index in [1.54, 1.807) is 7.11 Å². The van der Waals surface area contributed by atoms with Crippen LogP contribution in [0.2, 0.25) is 0 Å². The van der Waals surface area contributed by atoms with Crippen LogP contribution in [0.4, 0.5) is 0 Å². The fourth-order valence-electron chi connectivity index (χ4n) is 1.57. The van der Waals surface area contributed by atoms with Gasteiger partial charge < -0.3 is 9.84 Å². The van der Waals surface area contributed by atoms with Gasteiger partial charge in [0, 0.05) is 19.4 Å². The Kier molecular flexibility index (Phi) is 4.88. The lowest BCUT2D eigenvalue weighted by Crippen LogP contribution is -2.00. The van der Waals surface area contributed by atoms with E-state index in [0.29, 0.717) is 5.75 Å². The van der Waals surface area contributed by atoms with Gasteiger partial charge in [-0.25, -0.2) is 0 Å². The van der Waals surface area contributed by atoms with Gasteiger partial charge in [0.05, 0.1) is 10.9 Å². The molecule has 2 nitrogen and oxygen atoms in total. The van der Waals surface area contributed by atoms with Crippen LogP contribution in [0, 0.1) is 0 Å². The second-order valence-electron chi connectivity index (χ2n) is 3.56. The normalized spacial score (nSPS) is 12.5. The van der Waals surface area contributed by atoms with Crippen molar-refractivity contribution in [3.63, 3.8) is 0 Å². The molecule has 1 atom stereocenters. The summed E-state index contributed by atoms with van der Waals surface area (Å²) in [6.07, 6.45) is -0.704. The van der Waals surface area contributed by atoms with Crippen LogP contribution < -0.4 is 4.74 Å². The third-order valence-electron chi connectivity index (χ3n) is 2.42. The summed E-state index contributed by atoms with van der Waals surface area (Å²) in [6, 6.07) is 7.49. The van der Waals surface area contributed by atoms with E-state index in [9.17, 15) is 5.11 Å². The monoisotopic (exact) mass is 454 g/mol. The molecule has 0 spiro atoms. The first-order chi connectivity index (χ1) is 8.52. The second-order valence-corrected chi connectivity index (χ2v) is 7.73. The number of rotatable bonds is 3. The maximum absolute atomic E-state index is 10.4. The molecule has 0 amide bonds. The van der Waals surface area contributed by atoms with Gasteiger partial charge in [-0.3, -0.25) is 0 Å². The highest BCUT2D eigenvalue weighted by atomic mass is 79.9.